The predicted molar refractivity (Wildman–Crippen MR) is 120 cm³/mol. The van der Waals surface area contributed by atoms with Gasteiger partial charge in [0.2, 0.25) is 0 Å². The lowest BCUT2D eigenvalue weighted by molar-refractivity contribution is 0.169. The van der Waals surface area contributed by atoms with Crippen LogP contribution in [0, 0.1) is 5.82 Å². The predicted octanol–water partition coefficient (Wildman–Crippen LogP) is 3.41. The second-order valence-electron chi connectivity index (χ2n) is 6.48. The van der Waals surface area contributed by atoms with Gasteiger partial charge >= 0.3 is 0 Å². The van der Waals surface area contributed by atoms with Crippen LogP contribution in [0.4, 0.5) is 4.39 Å². The van der Waals surface area contributed by atoms with Crippen molar-refractivity contribution >= 4 is 41.5 Å². The number of hydrogen-bond donors (Lipinski definition) is 1. The van der Waals surface area contributed by atoms with Crippen LogP contribution in [0.2, 0.25) is 5.02 Å². The Labute approximate surface area is 187 Å². The van der Waals surface area contributed by atoms with Crippen molar-refractivity contribution in [2.45, 2.75) is 19.9 Å². The number of nitrogens with zero attached hydrogens (tertiary/aromatic N) is 4. The van der Waals surface area contributed by atoms with Gasteiger partial charge in [0.25, 0.3) is 0 Å². The lowest BCUT2D eigenvalue weighted by Gasteiger charge is -2.36. The molecule has 1 aliphatic heterocycles. The molecular formula is C19H26ClFIN5O. The third kappa shape index (κ3) is 6.59. The van der Waals surface area contributed by atoms with Gasteiger partial charge in [-0.2, -0.15) is 0 Å². The molecule has 6 nitrogen and oxygen atoms in total. The highest BCUT2D eigenvalue weighted by molar-refractivity contribution is 14.0. The van der Waals surface area contributed by atoms with Gasteiger partial charge in [-0.15, -0.1) is 24.0 Å². The maximum atomic E-state index is 13.2. The highest BCUT2D eigenvalue weighted by Crippen LogP contribution is 2.17. The molecule has 1 aliphatic rings. The summed E-state index contributed by atoms with van der Waals surface area (Å²) in [6.45, 7) is 7.99. The number of guanidine groups is 1. The van der Waals surface area contributed by atoms with E-state index < -0.39 is 0 Å². The van der Waals surface area contributed by atoms with Gasteiger partial charge in [-0.25, -0.2) is 4.39 Å². The lowest BCUT2D eigenvalue weighted by Crippen LogP contribution is -2.52. The van der Waals surface area contributed by atoms with Crippen LogP contribution in [0.1, 0.15) is 18.2 Å². The van der Waals surface area contributed by atoms with Crippen molar-refractivity contribution in [2.75, 3.05) is 39.3 Å². The molecule has 0 spiro atoms. The fourth-order valence-corrected chi connectivity index (χ4v) is 3.36. The van der Waals surface area contributed by atoms with Crippen LogP contribution in [0.25, 0.3) is 0 Å². The quantitative estimate of drug-likeness (QED) is 0.359. The minimum atomic E-state index is -0.316. The van der Waals surface area contributed by atoms with E-state index >= 15 is 0 Å². The molecule has 1 fully saturated rings. The Morgan fingerprint density at radius 3 is 2.71 bits per heavy atom. The van der Waals surface area contributed by atoms with E-state index in [4.69, 9.17) is 21.1 Å². The fraction of sp³-hybridized carbons (Fsp3) is 0.474. The van der Waals surface area contributed by atoms with Gasteiger partial charge in [-0.1, -0.05) is 22.8 Å². The highest BCUT2D eigenvalue weighted by atomic mass is 127. The van der Waals surface area contributed by atoms with Crippen LogP contribution in [0.3, 0.4) is 0 Å². The van der Waals surface area contributed by atoms with E-state index in [0.717, 1.165) is 56.5 Å². The Balaban J connectivity index is 0.00000280. The Morgan fingerprint density at radius 2 is 2.07 bits per heavy atom. The molecule has 0 amide bonds. The maximum Gasteiger partial charge on any atom is 0.194 e. The van der Waals surface area contributed by atoms with E-state index in [1.807, 2.05) is 6.07 Å². The molecule has 0 unspecified atom stereocenters. The molecule has 9 heteroatoms. The van der Waals surface area contributed by atoms with Crippen molar-refractivity contribution in [3.05, 3.63) is 52.6 Å². The Morgan fingerprint density at radius 1 is 1.29 bits per heavy atom. The maximum absolute atomic E-state index is 13.2. The number of aliphatic imine (C=N–C) groups is 1. The standard InChI is InChI=1S/C19H25ClFN5O.HI/c1-2-22-19(23-7-5-15-3-4-16(21)13-18(15)20)26-10-8-25(9-11-26)14-17-6-12-27-24-17;/h3-4,6,12-13H,2,5,7-11,14H2,1H3,(H,22,23);1H. The van der Waals surface area contributed by atoms with Crippen LogP contribution in [0.5, 0.6) is 0 Å². The normalized spacial score (nSPS) is 15.4. The third-order valence-electron chi connectivity index (χ3n) is 4.54. The summed E-state index contributed by atoms with van der Waals surface area (Å²) in [4.78, 5) is 9.36. The molecule has 0 atom stereocenters. The topological polar surface area (TPSA) is 56.9 Å². The minimum Gasteiger partial charge on any atom is -0.364 e. The number of rotatable bonds is 6. The molecule has 28 heavy (non-hydrogen) atoms. The zero-order valence-electron chi connectivity index (χ0n) is 15.9. The largest absolute Gasteiger partial charge is 0.364 e. The van der Waals surface area contributed by atoms with E-state index in [0.29, 0.717) is 18.0 Å². The molecule has 3 rings (SSSR count). The van der Waals surface area contributed by atoms with Crippen molar-refractivity contribution < 1.29 is 8.91 Å². The van der Waals surface area contributed by atoms with Crippen LogP contribution >= 0.6 is 35.6 Å². The number of aromatic nitrogens is 1. The number of halogens is 3. The molecule has 0 radical (unpaired) electrons. The Kier molecular flexibility index (Phi) is 9.46. The van der Waals surface area contributed by atoms with Crippen LogP contribution in [-0.2, 0) is 13.0 Å². The van der Waals surface area contributed by atoms with Crippen molar-refractivity contribution in [1.82, 2.24) is 20.3 Å². The summed E-state index contributed by atoms with van der Waals surface area (Å²) in [6, 6.07) is 6.41. The third-order valence-corrected chi connectivity index (χ3v) is 4.89. The van der Waals surface area contributed by atoms with Crippen molar-refractivity contribution in [3.8, 4) is 0 Å². The number of benzene rings is 1. The average molecular weight is 522 g/mol. The first-order valence-electron chi connectivity index (χ1n) is 9.24. The number of nitrogens with one attached hydrogen (secondary N) is 1. The van der Waals surface area contributed by atoms with Crippen LogP contribution in [-0.4, -0.2) is 60.2 Å². The van der Waals surface area contributed by atoms with Crippen molar-refractivity contribution in [3.63, 3.8) is 0 Å². The van der Waals surface area contributed by atoms with E-state index in [-0.39, 0.29) is 29.8 Å². The zero-order valence-corrected chi connectivity index (χ0v) is 19.0. The van der Waals surface area contributed by atoms with Crippen LogP contribution in [0.15, 0.2) is 40.0 Å². The summed E-state index contributed by atoms with van der Waals surface area (Å²) in [7, 11) is 0. The summed E-state index contributed by atoms with van der Waals surface area (Å²) in [5, 5.41) is 7.79. The van der Waals surface area contributed by atoms with E-state index in [9.17, 15) is 4.39 Å². The SMILES string of the molecule is CCNC(=NCCc1ccc(F)cc1Cl)N1CCN(Cc2ccon2)CC1.I. The van der Waals surface area contributed by atoms with Crippen molar-refractivity contribution in [2.24, 2.45) is 4.99 Å². The molecule has 1 aromatic carbocycles. The minimum absolute atomic E-state index is 0. The number of hydrogen-bond acceptors (Lipinski definition) is 4. The summed E-state index contributed by atoms with van der Waals surface area (Å²) >= 11 is 6.10. The molecule has 1 N–H and O–H groups in total. The monoisotopic (exact) mass is 521 g/mol. The Bertz CT molecular complexity index is 751. The highest BCUT2D eigenvalue weighted by Gasteiger charge is 2.20. The molecule has 0 aliphatic carbocycles. The summed E-state index contributed by atoms with van der Waals surface area (Å²) in [6.07, 6.45) is 2.29. The van der Waals surface area contributed by atoms with Gasteiger partial charge in [-0.3, -0.25) is 9.89 Å². The first kappa shape index (κ1) is 22.9. The fourth-order valence-electron chi connectivity index (χ4n) is 3.10. The van der Waals surface area contributed by atoms with Gasteiger partial charge in [0, 0.05) is 56.9 Å². The second kappa shape index (κ2) is 11.6. The first-order valence-corrected chi connectivity index (χ1v) is 9.62. The molecule has 2 aromatic rings. The molecule has 0 bridgehead atoms. The van der Waals surface area contributed by atoms with Gasteiger partial charge in [0.1, 0.15) is 12.1 Å². The zero-order chi connectivity index (χ0) is 19.1. The summed E-state index contributed by atoms with van der Waals surface area (Å²) < 4.78 is 18.0. The van der Waals surface area contributed by atoms with E-state index in [1.54, 1.807) is 12.3 Å². The molecule has 154 valence electrons. The lowest BCUT2D eigenvalue weighted by atomic mass is 10.1. The number of piperazine rings is 1. The van der Waals surface area contributed by atoms with E-state index in [2.05, 4.69) is 27.2 Å². The van der Waals surface area contributed by atoms with E-state index in [1.165, 1.54) is 12.1 Å². The Hall–Kier alpha value is -1.39. The summed E-state index contributed by atoms with van der Waals surface area (Å²) in [5.74, 6) is 0.598. The molecule has 2 heterocycles. The van der Waals surface area contributed by atoms with Gasteiger partial charge in [0.15, 0.2) is 5.96 Å². The van der Waals surface area contributed by atoms with Gasteiger partial charge in [0.05, 0.1) is 5.69 Å². The van der Waals surface area contributed by atoms with Crippen LogP contribution < -0.4 is 5.32 Å². The molecule has 0 saturated carbocycles. The second-order valence-corrected chi connectivity index (χ2v) is 6.88. The first-order chi connectivity index (χ1) is 13.2. The smallest absolute Gasteiger partial charge is 0.194 e. The molecule has 1 saturated heterocycles. The van der Waals surface area contributed by atoms with Crippen molar-refractivity contribution in [1.29, 1.82) is 0 Å². The average Bonchev–Trinajstić information content (AvgIpc) is 3.16. The van der Waals surface area contributed by atoms with Gasteiger partial charge in [-0.05, 0) is 31.0 Å². The summed E-state index contributed by atoms with van der Waals surface area (Å²) in [5.41, 5.74) is 1.87. The molecular weight excluding hydrogens is 496 g/mol. The molecule has 1 aromatic heterocycles. The van der Waals surface area contributed by atoms with Gasteiger partial charge < -0.3 is 14.7 Å².